The molecule has 1 aromatic heterocycles. The third-order valence-corrected chi connectivity index (χ3v) is 3.90. The quantitative estimate of drug-likeness (QED) is 0.830. The Morgan fingerprint density at radius 1 is 1.30 bits per heavy atom. The van der Waals surface area contributed by atoms with Crippen molar-refractivity contribution in [2.24, 2.45) is 0 Å². The molecule has 0 bridgehead atoms. The lowest BCUT2D eigenvalue weighted by molar-refractivity contribution is 0.0952. The lowest BCUT2D eigenvalue weighted by atomic mass is 10.2. The number of amides is 1. The van der Waals surface area contributed by atoms with Gasteiger partial charge in [0.25, 0.3) is 5.91 Å². The molecule has 0 fully saturated rings. The molecule has 1 N–H and O–H groups in total. The first-order chi connectivity index (χ1) is 9.72. The van der Waals surface area contributed by atoms with Gasteiger partial charge in [-0.15, -0.1) is 11.3 Å². The van der Waals surface area contributed by atoms with Gasteiger partial charge in [0.2, 0.25) is 0 Å². The van der Waals surface area contributed by atoms with Crippen LogP contribution in [0.3, 0.4) is 0 Å². The van der Waals surface area contributed by atoms with Crippen LogP contribution in [0.4, 0.5) is 4.39 Å². The number of hydrogen-bond acceptors (Lipinski definition) is 3. The Bertz CT molecular complexity index is 583. The molecule has 0 saturated carbocycles. The SMILES string of the molecule is COCCCNC(=O)c1ccc(-c2ccccc2F)s1. The average molecular weight is 293 g/mol. The van der Waals surface area contributed by atoms with Gasteiger partial charge in [-0.1, -0.05) is 18.2 Å². The fraction of sp³-hybridized carbons (Fsp3) is 0.267. The van der Waals surface area contributed by atoms with Gasteiger partial charge in [-0.3, -0.25) is 4.79 Å². The number of hydrogen-bond donors (Lipinski definition) is 1. The van der Waals surface area contributed by atoms with Gasteiger partial charge in [0.05, 0.1) is 4.88 Å². The van der Waals surface area contributed by atoms with Crippen LogP contribution in [0.5, 0.6) is 0 Å². The summed E-state index contributed by atoms with van der Waals surface area (Å²) in [5.74, 6) is -0.407. The number of nitrogens with one attached hydrogen (secondary N) is 1. The van der Waals surface area contributed by atoms with Gasteiger partial charge in [0, 0.05) is 30.7 Å². The Morgan fingerprint density at radius 2 is 2.10 bits per heavy atom. The maximum Gasteiger partial charge on any atom is 0.261 e. The molecule has 0 spiro atoms. The van der Waals surface area contributed by atoms with Crippen molar-refractivity contribution < 1.29 is 13.9 Å². The summed E-state index contributed by atoms with van der Waals surface area (Å²) in [5, 5.41) is 2.81. The highest BCUT2D eigenvalue weighted by Gasteiger charge is 2.11. The smallest absolute Gasteiger partial charge is 0.261 e. The van der Waals surface area contributed by atoms with Gasteiger partial charge >= 0.3 is 0 Å². The topological polar surface area (TPSA) is 38.3 Å². The van der Waals surface area contributed by atoms with Crippen molar-refractivity contribution >= 4 is 17.2 Å². The Hall–Kier alpha value is -1.72. The highest BCUT2D eigenvalue weighted by Crippen LogP contribution is 2.29. The van der Waals surface area contributed by atoms with Crippen LogP contribution in [0.15, 0.2) is 36.4 Å². The Labute approximate surface area is 121 Å². The molecule has 3 nitrogen and oxygen atoms in total. The molecule has 1 aromatic carbocycles. The van der Waals surface area contributed by atoms with Crippen LogP contribution >= 0.6 is 11.3 Å². The monoisotopic (exact) mass is 293 g/mol. The van der Waals surface area contributed by atoms with E-state index in [0.29, 0.717) is 23.6 Å². The molecule has 20 heavy (non-hydrogen) atoms. The molecule has 2 rings (SSSR count). The molecule has 0 saturated heterocycles. The summed E-state index contributed by atoms with van der Waals surface area (Å²) in [7, 11) is 1.63. The maximum absolute atomic E-state index is 13.7. The third kappa shape index (κ3) is 3.65. The fourth-order valence-corrected chi connectivity index (χ4v) is 2.72. The van der Waals surface area contributed by atoms with Crippen LogP contribution in [0.25, 0.3) is 10.4 Å². The van der Waals surface area contributed by atoms with Crippen LogP contribution in [0.1, 0.15) is 16.1 Å². The zero-order valence-electron chi connectivity index (χ0n) is 11.2. The second-order valence-corrected chi connectivity index (χ2v) is 5.33. The zero-order chi connectivity index (χ0) is 14.4. The number of rotatable bonds is 6. The van der Waals surface area contributed by atoms with Crippen LogP contribution in [0, 0.1) is 5.82 Å². The molecule has 1 heterocycles. The van der Waals surface area contributed by atoms with E-state index in [4.69, 9.17) is 4.74 Å². The highest BCUT2D eigenvalue weighted by atomic mass is 32.1. The molecule has 5 heteroatoms. The summed E-state index contributed by atoms with van der Waals surface area (Å²) < 4.78 is 18.6. The first kappa shape index (κ1) is 14.7. The number of ether oxygens (including phenoxy) is 1. The van der Waals surface area contributed by atoms with E-state index in [2.05, 4.69) is 5.32 Å². The Balaban J connectivity index is 2.02. The van der Waals surface area contributed by atoms with E-state index in [1.165, 1.54) is 17.4 Å². The molecule has 0 aliphatic carbocycles. The summed E-state index contributed by atoms with van der Waals surface area (Å²) in [6, 6.07) is 10.0. The van der Waals surface area contributed by atoms with Crippen LogP contribution < -0.4 is 5.32 Å². The molecule has 2 aromatic rings. The number of halogens is 1. The number of thiophene rings is 1. The minimum Gasteiger partial charge on any atom is -0.385 e. The van der Waals surface area contributed by atoms with Crippen molar-refractivity contribution in [3.05, 3.63) is 47.1 Å². The number of carbonyl (C=O) groups excluding carboxylic acids is 1. The van der Waals surface area contributed by atoms with Crippen molar-refractivity contribution in [3.8, 4) is 10.4 Å². The Kier molecular flexibility index (Phi) is 5.26. The summed E-state index contributed by atoms with van der Waals surface area (Å²) in [6.45, 7) is 1.19. The van der Waals surface area contributed by atoms with Crippen molar-refractivity contribution in [1.82, 2.24) is 5.32 Å². The van der Waals surface area contributed by atoms with Crippen LogP contribution in [0.2, 0.25) is 0 Å². The van der Waals surface area contributed by atoms with Crippen molar-refractivity contribution in [2.75, 3.05) is 20.3 Å². The second kappa shape index (κ2) is 7.17. The Morgan fingerprint density at radius 3 is 2.85 bits per heavy atom. The molecule has 0 aliphatic heterocycles. The molecule has 106 valence electrons. The predicted octanol–water partition coefficient (Wildman–Crippen LogP) is 3.32. The first-order valence-electron chi connectivity index (χ1n) is 6.34. The molecule has 0 atom stereocenters. The van der Waals surface area contributed by atoms with Crippen molar-refractivity contribution in [1.29, 1.82) is 0 Å². The zero-order valence-corrected chi connectivity index (χ0v) is 12.0. The highest BCUT2D eigenvalue weighted by molar-refractivity contribution is 7.17. The fourth-order valence-electron chi connectivity index (χ4n) is 1.77. The molecular weight excluding hydrogens is 277 g/mol. The van der Waals surface area contributed by atoms with E-state index in [9.17, 15) is 9.18 Å². The lowest BCUT2D eigenvalue weighted by Gasteiger charge is -2.02. The van der Waals surface area contributed by atoms with Crippen molar-refractivity contribution in [3.63, 3.8) is 0 Å². The van der Waals surface area contributed by atoms with Gasteiger partial charge in [-0.25, -0.2) is 4.39 Å². The molecule has 0 radical (unpaired) electrons. The van der Waals surface area contributed by atoms with Crippen LogP contribution in [-0.4, -0.2) is 26.2 Å². The van der Waals surface area contributed by atoms with E-state index in [1.807, 2.05) is 0 Å². The van der Waals surface area contributed by atoms with E-state index < -0.39 is 0 Å². The summed E-state index contributed by atoms with van der Waals surface area (Å²) in [4.78, 5) is 13.2. The van der Waals surface area contributed by atoms with Gasteiger partial charge in [0.15, 0.2) is 0 Å². The van der Waals surface area contributed by atoms with Gasteiger partial charge in [-0.05, 0) is 24.6 Å². The van der Waals surface area contributed by atoms with E-state index in [-0.39, 0.29) is 11.7 Å². The molecular formula is C15H16FNO2S. The number of benzene rings is 1. The number of methoxy groups -OCH3 is 1. The number of carbonyl (C=O) groups is 1. The summed E-state index contributed by atoms with van der Waals surface area (Å²) in [5.41, 5.74) is 0.524. The van der Waals surface area contributed by atoms with E-state index in [1.54, 1.807) is 37.4 Å². The summed E-state index contributed by atoms with van der Waals surface area (Å²) in [6.07, 6.45) is 0.772. The predicted molar refractivity (Wildman–Crippen MR) is 78.5 cm³/mol. The van der Waals surface area contributed by atoms with Gasteiger partial charge in [0.1, 0.15) is 5.82 Å². The second-order valence-electron chi connectivity index (χ2n) is 4.25. The van der Waals surface area contributed by atoms with E-state index >= 15 is 0 Å². The molecule has 0 aliphatic rings. The average Bonchev–Trinajstić information content (AvgIpc) is 2.93. The minimum atomic E-state index is -0.276. The minimum absolute atomic E-state index is 0.131. The normalized spacial score (nSPS) is 10.5. The maximum atomic E-state index is 13.7. The summed E-state index contributed by atoms with van der Waals surface area (Å²) >= 11 is 1.29. The van der Waals surface area contributed by atoms with Gasteiger partial charge in [-0.2, -0.15) is 0 Å². The van der Waals surface area contributed by atoms with E-state index in [0.717, 1.165) is 11.3 Å². The standard InChI is InChI=1S/C15H16FNO2S/c1-19-10-4-9-17-15(18)14-8-7-13(20-14)11-5-2-3-6-12(11)16/h2-3,5-8H,4,9-10H2,1H3,(H,17,18). The van der Waals surface area contributed by atoms with Crippen LogP contribution in [-0.2, 0) is 4.74 Å². The molecule has 1 amide bonds. The first-order valence-corrected chi connectivity index (χ1v) is 7.16. The largest absolute Gasteiger partial charge is 0.385 e. The van der Waals surface area contributed by atoms with Gasteiger partial charge < -0.3 is 10.1 Å². The third-order valence-electron chi connectivity index (χ3n) is 2.78. The molecule has 0 unspecified atom stereocenters. The lowest BCUT2D eigenvalue weighted by Crippen LogP contribution is -2.24. The van der Waals surface area contributed by atoms with Crippen molar-refractivity contribution in [2.45, 2.75) is 6.42 Å².